The lowest BCUT2D eigenvalue weighted by Crippen LogP contribution is -2.14. The largest absolute Gasteiger partial charge is 0.366 e. The zero-order valence-corrected chi connectivity index (χ0v) is 7.10. The number of benzene rings is 1. The highest BCUT2D eigenvalue weighted by molar-refractivity contribution is 5.93. The van der Waals surface area contributed by atoms with E-state index in [1.807, 2.05) is 0 Å². The molecule has 0 bridgehead atoms. The summed E-state index contributed by atoms with van der Waals surface area (Å²) < 4.78 is 25.8. The van der Waals surface area contributed by atoms with Crippen molar-refractivity contribution >= 4 is 5.91 Å². The van der Waals surface area contributed by atoms with Gasteiger partial charge in [-0.3, -0.25) is 4.79 Å². The number of carbonyl (C=O) groups is 1. The number of hydrogen-bond acceptors (Lipinski definition) is 1. The van der Waals surface area contributed by atoms with Gasteiger partial charge in [0.15, 0.2) is 0 Å². The molecule has 0 saturated heterocycles. The molecule has 0 heterocycles. The predicted molar refractivity (Wildman–Crippen MR) is 44.3 cm³/mol. The van der Waals surface area contributed by atoms with Gasteiger partial charge in [-0.25, -0.2) is 8.78 Å². The Kier molecular flexibility index (Phi) is 2.60. The number of aryl methyl sites for hydroxylation is 1. The maximum Gasteiger partial charge on any atom is 0.251 e. The van der Waals surface area contributed by atoms with Gasteiger partial charge in [0.05, 0.1) is 5.56 Å². The van der Waals surface area contributed by atoms with Gasteiger partial charge in [-0.2, -0.15) is 0 Å². The van der Waals surface area contributed by atoms with E-state index >= 15 is 0 Å². The Morgan fingerprint density at radius 2 is 2.00 bits per heavy atom. The number of nitrogens with two attached hydrogens (primary N) is 1. The number of carbonyl (C=O) groups excluding carboxylic acids is 1. The van der Waals surface area contributed by atoms with Crippen LogP contribution < -0.4 is 5.73 Å². The van der Waals surface area contributed by atoms with Gasteiger partial charge in [-0.05, 0) is 18.1 Å². The van der Waals surface area contributed by atoms with Crippen LogP contribution in [0.2, 0.25) is 0 Å². The maximum absolute atomic E-state index is 12.9. The highest BCUT2D eigenvalue weighted by atomic mass is 19.1. The lowest BCUT2D eigenvalue weighted by atomic mass is 10.1. The third kappa shape index (κ3) is 1.83. The first-order valence-corrected chi connectivity index (χ1v) is 3.84. The first kappa shape index (κ1) is 9.64. The van der Waals surface area contributed by atoms with Crippen molar-refractivity contribution in [3.63, 3.8) is 0 Å². The molecule has 0 spiro atoms. The molecule has 0 radical (unpaired) electrons. The number of halogens is 2. The van der Waals surface area contributed by atoms with Crippen molar-refractivity contribution in [2.45, 2.75) is 13.3 Å². The van der Waals surface area contributed by atoms with Crippen molar-refractivity contribution in [1.82, 2.24) is 0 Å². The Labute approximate surface area is 74.4 Å². The van der Waals surface area contributed by atoms with E-state index in [2.05, 4.69) is 0 Å². The fourth-order valence-electron chi connectivity index (χ4n) is 1.05. The van der Waals surface area contributed by atoms with Crippen molar-refractivity contribution in [2.24, 2.45) is 5.73 Å². The van der Waals surface area contributed by atoms with Crippen molar-refractivity contribution in [2.75, 3.05) is 0 Å². The molecule has 1 rings (SSSR count). The van der Waals surface area contributed by atoms with Crippen LogP contribution in [0.5, 0.6) is 0 Å². The van der Waals surface area contributed by atoms with Crippen LogP contribution in [0.1, 0.15) is 22.8 Å². The minimum atomic E-state index is -0.915. The molecule has 0 fully saturated rings. The van der Waals surface area contributed by atoms with Gasteiger partial charge >= 0.3 is 0 Å². The summed E-state index contributed by atoms with van der Waals surface area (Å²) in [6.07, 6.45) is 0.395. The van der Waals surface area contributed by atoms with E-state index < -0.39 is 17.5 Å². The topological polar surface area (TPSA) is 43.1 Å². The average Bonchev–Trinajstić information content (AvgIpc) is 2.03. The summed E-state index contributed by atoms with van der Waals surface area (Å²) in [5.74, 6) is -2.45. The van der Waals surface area contributed by atoms with Crippen LogP contribution in [0.25, 0.3) is 0 Å². The van der Waals surface area contributed by atoms with Crippen molar-refractivity contribution in [3.05, 3.63) is 34.9 Å². The van der Waals surface area contributed by atoms with Gasteiger partial charge in [0.1, 0.15) is 11.6 Å². The molecule has 0 aliphatic rings. The second-order valence-electron chi connectivity index (χ2n) is 2.64. The minimum Gasteiger partial charge on any atom is -0.366 e. The minimum absolute atomic E-state index is 0.266. The predicted octanol–water partition coefficient (Wildman–Crippen LogP) is 1.63. The SMILES string of the molecule is CCc1cc(C(N)=O)c(F)cc1F. The third-order valence-corrected chi connectivity index (χ3v) is 1.78. The van der Waals surface area contributed by atoms with Crippen LogP contribution in [0.3, 0.4) is 0 Å². The zero-order valence-electron chi connectivity index (χ0n) is 7.10. The fraction of sp³-hybridized carbons (Fsp3) is 0.222. The molecule has 70 valence electrons. The summed E-state index contributed by atoms with van der Waals surface area (Å²) in [7, 11) is 0. The normalized spacial score (nSPS) is 10.1. The standard InChI is InChI=1S/C9H9F2NO/c1-2-5-3-6(9(12)13)8(11)4-7(5)10/h3-4H,2H2,1H3,(H2,12,13). The summed E-state index contributed by atoms with van der Waals surface area (Å²) in [4.78, 5) is 10.7. The molecule has 1 amide bonds. The van der Waals surface area contributed by atoms with Crippen LogP contribution in [-0.4, -0.2) is 5.91 Å². The summed E-state index contributed by atoms with van der Waals surface area (Å²) in [6.45, 7) is 1.71. The second-order valence-corrected chi connectivity index (χ2v) is 2.64. The Morgan fingerprint density at radius 1 is 1.38 bits per heavy atom. The monoisotopic (exact) mass is 185 g/mol. The van der Waals surface area contributed by atoms with Gasteiger partial charge in [0.25, 0.3) is 5.91 Å². The molecule has 1 aromatic rings. The highest BCUT2D eigenvalue weighted by Crippen LogP contribution is 2.14. The molecular weight excluding hydrogens is 176 g/mol. The van der Waals surface area contributed by atoms with Gasteiger partial charge in [-0.1, -0.05) is 6.92 Å². The molecule has 0 aliphatic carbocycles. The summed E-state index contributed by atoms with van der Waals surface area (Å²) in [5, 5.41) is 0. The molecule has 13 heavy (non-hydrogen) atoms. The maximum atomic E-state index is 12.9. The molecule has 0 unspecified atom stereocenters. The number of rotatable bonds is 2. The zero-order chi connectivity index (χ0) is 10.0. The first-order valence-electron chi connectivity index (χ1n) is 3.84. The molecular formula is C9H9F2NO. The van der Waals surface area contributed by atoms with E-state index in [9.17, 15) is 13.6 Å². The van der Waals surface area contributed by atoms with Crippen molar-refractivity contribution in [3.8, 4) is 0 Å². The van der Waals surface area contributed by atoms with E-state index in [0.717, 1.165) is 6.07 Å². The Hall–Kier alpha value is -1.45. The van der Waals surface area contributed by atoms with Gasteiger partial charge in [-0.15, -0.1) is 0 Å². The van der Waals surface area contributed by atoms with Crippen molar-refractivity contribution in [1.29, 1.82) is 0 Å². The van der Waals surface area contributed by atoms with Crippen LogP contribution in [0.15, 0.2) is 12.1 Å². The Morgan fingerprint density at radius 3 is 2.46 bits per heavy atom. The van der Waals surface area contributed by atoms with E-state index in [1.165, 1.54) is 0 Å². The second kappa shape index (κ2) is 3.51. The molecule has 2 nitrogen and oxygen atoms in total. The van der Waals surface area contributed by atoms with Gasteiger partial charge < -0.3 is 5.73 Å². The quantitative estimate of drug-likeness (QED) is 0.747. The summed E-state index contributed by atoms with van der Waals surface area (Å²) in [5.41, 5.74) is 4.91. The summed E-state index contributed by atoms with van der Waals surface area (Å²) in [6, 6.07) is 1.83. The highest BCUT2D eigenvalue weighted by Gasteiger charge is 2.12. The molecule has 0 aromatic heterocycles. The van der Waals surface area contributed by atoms with Crippen LogP contribution in [-0.2, 0) is 6.42 Å². The van der Waals surface area contributed by atoms with E-state index in [4.69, 9.17) is 5.73 Å². The van der Waals surface area contributed by atoms with Crippen molar-refractivity contribution < 1.29 is 13.6 Å². The third-order valence-electron chi connectivity index (χ3n) is 1.78. The van der Waals surface area contributed by atoms with Crippen LogP contribution in [0.4, 0.5) is 8.78 Å². The fourth-order valence-corrected chi connectivity index (χ4v) is 1.05. The molecule has 2 N–H and O–H groups in total. The average molecular weight is 185 g/mol. The van der Waals surface area contributed by atoms with E-state index in [-0.39, 0.29) is 11.1 Å². The molecule has 1 aromatic carbocycles. The molecule has 0 atom stereocenters. The smallest absolute Gasteiger partial charge is 0.251 e. The number of amides is 1. The van der Waals surface area contributed by atoms with Gasteiger partial charge in [0.2, 0.25) is 0 Å². The summed E-state index contributed by atoms with van der Waals surface area (Å²) >= 11 is 0. The van der Waals surface area contributed by atoms with Crippen LogP contribution >= 0.6 is 0 Å². The lowest BCUT2D eigenvalue weighted by molar-refractivity contribution is 0.0996. The molecule has 0 saturated carbocycles. The van der Waals surface area contributed by atoms with E-state index in [0.29, 0.717) is 12.5 Å². The number of hydrogen-bond donors (Lipinski definition) is 1. The number of primary amides is 1. The Balaban J connectivity index is 3.30. The first-order chi connectivity index (χ1) is 6.06. The van der Waals surface area contributed by atoms with E-state index in [1.54, 1.807) is 6.92 Å². The molecule has 4 heteroatoms. The molecule has 0 aliphatic heterocycles. The van der Waals surface area contributed by atoms with Crippen LogP contribution in [0, 0.1) is 11.6 Å². The lowest BCUT2D eigenvalue weighted by Gasteiger charge is -2.03. The Bertz CT molecular complexity index is 350. The van der Waals surface area contributed by atoms with Gasteiger partial charge in [0, 0.05) is 6.07 Å².